The van der Waals surface area contributed by atoms with Crippen molar-refractivity contribution in [2.45, 2.75) is 33.3 Å². The SMILES string of the molecule is CCCC1=NN(c2ccccc2)C(=O)/C1=C\c1ccc(OCc2ccccc2Cl)c(OCC)c1. The van der Waals surface area contributed by atoms with Crippen LogP contribution in [0.5, 0.6) is 11.5 Å². The van der Waals surface area contributed by atoms with Gasteiger partial charge in [-0.3, -0.25) is 4.79 Å². The number of carbonyl (C=O) groups excluding carboxylic acids is 1. The van der Waals surface area contributed by atoms with Gasteiger partial charge in [0.1, 0.15) is 6.61 Å². The van der Waals surface area contributed by atoms with E-state index >= 15 is 0 Å². The van der Waals surface area contributed by atoms with Crippen LogP contribution in [0.2, 0.25) is 5.02 Å². The Labute approximate surface area is 205 Å². The summed E-state index contributed by atoms with van der Waals surface area (Å²) >= 11 is 6.25. The molecule has 4 rings (SSSR count). The molecule has 0 spiro atoms. The van der Waals surface area contributed by atoms with Crippen LogP contribution < -0.4 is 14.5 Å². The molecular weight excluding hydrogens is 448 g/mol. The summed E-state index contributed by atoms with van der Waals surface area (Å²) in [6.45, 7) is 4.82. The Hall–Kier alpha value is -3.57. The van der Waals surface area contributed by atoms with Gasteiger partial charge in [-0.15, -0.1) is 0 Å². The number of anilines is 1. The van der Waals surface area contributed by atoms with E-state index in [1.165, 1.54) is 5.01 Å². The van der Waals surface area contributed by atoms with Crippen molar-refractivity contribution in [3.8, 4) is 11.5 Å². The number of amides is 1. The zero-order chi connectivity index (χ0) is 23.9. The van der Waals surface area contributed by atoms with Crippen LogP contribution in [0.1, 0.15) is 37.8 Å². The highest BCUT2D eigenvalue weighted by molar-refractivity contribution is 6.32. The van der Waals surface area contributed by atoms with E-state index in [0.29, 0.717) is 35.3 Å². The number of hydrazone groups is 1. The smallest absolute Gasteiger partial charge is 0.280 e. The number of nitrogens with zero attached hydrogens (tertiary/aromatic N) is 2. The Morgan fingerprint density at radius 1 is 0.941 bits per heavy atom. The van der Waals surface area contributed by atoms with Crippen molar-refractivity contribution >= 4 is 35.0 Å². The normalized spacial score (nSPS) is 14.4. The van der Waals surface area contributed by atoms with E-state index in [2.05, 4.69) is 12.0 Å². The largest absolute Gasteiger partial charge is 0.490 e. The van der Waals surface area contributed by atoms with E-state index in [1.54, 1.807) is 0 Å². The number of benzene rings is 3. The van der Waals surface area contributed by atoms with Gasteiger partial charge in [0.2, 0.25) is 0 Å². The van der Waals surface area contributed by atoms with Gasteiger partial charge in [0.15, 0.2) is 11.5 Å². The summed E-state index contributed by atoms with van der Waals surface area (Å²) in [7, 11) is 0. The summed E-state index contributed by atoms with van der Waals surface area (Å²) in [5.41, 5.74) is 3.88. The van der Waals surface area contributed by atoms with E-state index in [-0.39, 0.29) is 5.91 Å². The molecule has 0 aromatic heterocycles. The van der Waals surface area contributed by atoms with Gasteiger partial charge in [-0.05, 0) is 55.3 Å². The van der Waals surface area contributed by atoms with Crippen molar-refractivity contribution in [1.82, 2.24) is 0 Å². The summed E-state index contributed by atoms with van der Waals surface area (Å²) in [6, 6.07) is 22.7. The second-order valence-electron chi connectivity index (χ2n) is 7.83. The highest BCUT2D eigenvalue weighted by Crippen LogP contribution is 2.32. The molecule has 0 N–H and O–H groups in total. The molecule has 0 radical (unpaired) electrons. The van der Waals surface area contributed by atoms with Crippen molar-refractivity contribution < 1.29 is 14.3 Å². The zero-order valence-corrected chi connectivity index (χ0v) is 20.1. The molecule has 1 heterocycles. The van der Waals surface area contributed by atoms with E-state index in [4.69, 9.17) is 21.1 Å². The number of rotatable bonds is 9. The minimum atomic E-state index is -0.133. The molecule has 5 nitrogen and oxygen atoms in total. The summed E-state index contributed by atoms with van der Waals surface area (Å²) in [5.74, 6) is 1.10. The van der Waals surface area contributed by atoms with Crippen LogP contribution in [0, 0.1) is 0 Å². The lowest BCUT2D eigenvalue weighted by Crippen LogP contribution is -2.21. The van der Waals surface area contributed by atoms with E-state index in [1.807, 2.05) is 85.8 Å². The highest BCUT2D eigenvalue weighted by atomic mass is 35.5. The van der Waals surface area contributed by atoms with Gasteiger partial charge in [0.25, 0.3) is 5.91 Å². The molecule has 0 fully saturated rings. The van der Waals surface area contributed by atoms with Crippen molar-refractivity contribution in [2.75, 3.05) is 11.6 Å². The average Bonchev–Trinajstić information content (AvgIpc) is 3.15. The molecule has 174 valence electrons. The molecule has 1 aliphatic heterocycles. The first-order valence-electron chi connectivity index (χ1n) is 11.4. The maximum atomic E-state index is 13.2. The molecule has 1 amide bonds. The zero-order valence-electron chi connectivity index (χ0n) is 19.3. The van der Waals surface area contributed by atoms with Crippen molar-refractivity contribution in [1.29, 1.82) is 0 Å². The first kappa shape index (κ1) is 23.6. The van der Waals surface area contributed by atoms with E-state index < -0.39 is 0 Å². The Balaban J connectivity index is 1.61. The molecular formula is C28H27ClN2O3. The van der Waals surface area contributed by atoms with Crippen molar-refractivity contribution in [2.24, 2.45) is 5.10 Å². The lowest BCUT2D eigenvalue weighted by Gasteiger charge is -2.14. The number of hydrogen-bond donors (Lipinski definition) is 0. The van der Waals surface area contributed by atoms with Gasteiger partial charge >= 0.3 is 0 Å². The van der Waals surface area contributed by atoms with Crippen LogP contribution in [0.25, 0.3) is 6.08 Å². The predicted octanol–water partition coefficient (Wildman–Crippen LogP) is 6.90. The van der Waals surface area contributed by atoms with E-state index in [9.17, 15) is 4.79 Å². The Bertz CT molecular complexity index is 1220. The summed E-state index contributed by atoms with van der Waals surface area (Å²) in [5, 5.41) is 6.75. The monoisotopic (exact) mass is 474 g/mol. The van der Waals surface area contributed by atoms with Gasteiger partial charge in [-0.2, -0.15) is 10.1 Å². The lowest BCUT2D eigenvalue weighted by molar-refractivity contribution is -0.114. The average molecular weight is 475 g/mol. The molecule has 1 aliphatic rings. The van der Waals surface area contributed by atoms with Gasteiger partial charge in [-0.25, -0.2) is 0 Å². The van der Waals surface area contributed by atoms with Gasteiger partial charge in [0, 0.05) is 10.6 Å². The van der Waals surface area contributed by atoms with Gasteiger partial charge in [-0.1, -0.05) is 67.4 Å². The minimum Gasteiger partial charge on any atom is -0.490 e. The first-order valence-corrected chi connectivity index (χ1v) is 11.8. The first-order chi connectivity index (χ1) is 16.6. The standard InChI is InChI=1S/C28H27ClN2O3/c1-3-10-25-23(28(32)31(30-25)22-12-6-5-7-13-22)17-20-15-16-26(27(18-20)33-4-2)34-19-21-11-8-9-14-24(21)29/h5-9,11-18H,3-4,10,19H2,1-2H3/b23-17-. The number of para-hydroxylation sites is 1. The molecule has 34 heavy (non-hydrogen) atoms. The van der Waals surface area contributed by atoms with Crippen LogP contribution in [0.3, 0.4) is 0 Å². The van der Waals surface area contributed by atoms with Crippen molar-refractivity contribution in [3.63, 3.8) is 0 Å². The van der Waals surface area contributed by atoms with Crippen molar-refractivity contribution in [3.05, 3.63) is 94.5 Å². The Morgan fingerprint density at radius 2 is 1.71 bits per heavy atom. The fourth-order valence-corrected chi connectivity index (χ4v) is 3.90. The minimum absolute atomic E-state index is 0.133. The van der Waals surface area contributed by atoms with E-state index in [0.717, 1.165) is 35.4 Å². The third-order valence-electron chi connectivity index (χ3n) is 5.36. The van der Waals surface area contributed by atoms with Crippen LogP contribution in [0.15, 0.2) is 83.5 Å². The lowest BCUT2D eigenvalue weighted by atomic mass is 10.0. The fourth-order valence-electron chi connectivity index (χ4n) is 3.71. The van der Waals surface area contributed by atoms with Gasteiger partial charge < -0.3 is 9.47 Å². The molecule has 0 saturated carbocycles. The molecule has 3 aromatic carbocycles. The molecule has 3 aromatic rings. The van der Waals surface area contributed by atoms with Crippen LogP contribution in [-0.4, -0.2) is 18.2 Å². The molecule has 0 saturated heterocycles. The predicted molar refractivity (Wildman–Crippen MR) is 138 cm³/mol. The number of halogens is 1. The second kappa shape index (κ2) is 11.0. The number of ether oxygens (including phenoxy) is 2. The van der Waals surface area contributed by atoms with Crippen LogP contribution in [-0.2, 0) is 11.4 Å². The number of hydrogen-bond acceptors (Lipinski definition) is 4. The summed E-state index contributed by atoms with van der Waals surface area (Å²) in [4.78, 5) is 13.2. The van der Waals surface area contributed by atoms with Crippen LogP contribution in [0.4, 0.5) is 5.69 Å². The fraction of sp³-hybridized carbons (Fsp3) is 0.214. The summed E-state index contributed by atoms with van der Waals surface area (Å²) < 4.78 is 11.8. The number of carbonyl (C=O) groups is 1. The molecule has 0 aliphatic carbocycles. The summed E-state index contributed by atoms with van der Waals surface area (Å²) in [6.07, 6.45) is 3.49. The quantitative estimate of drug-likeness (QED) is 0.317. The third kappa shape index (κ3) is 5.32. The Kier molecular flexibility index (Phi) is 7.65. The maximum Gasteiger partial charge on any atom is 0.280 e. The Morgan fingerprint density at radius 3 is 2.44 bits per heavy atom. The third-order valence-corrected chi connectivity index (χ3v) is 5.73. The maximum absolute atomic E-state index is 13.2. The second-order valence-corrected chi connectivity index (χ2v) is 8.23. The molecule has 6 heteroatoms. The topological polar surface area (TPSA) is 51.1 Å². The molecule has 0 bridgehead atoms. The molecule has 0 atom stereocenters. The highest BCUT2D eigenvalue weighted by Gasteiger charge is 2.30. The van der Waals surface area contributed by atoms with Crippen LogP contribution >= 0.6 is 11.6 Å². The van der Waals surface area contributed by atoms with Gasteiger partial charge in [0.05, 0.1) is 23.6 Å². The molecule has 0 unspecified atom stereocenters.